The van der Waals surface area contributed by atoms with Crippen molar-refractivity contribution in [3.05, 3.63) is 41.7 Å². The van der Waals surface area contributed by atoms with Gasteiger partial charge in [0, 0.05) is 11.3 Å². The van der Waals surface area contributed by atoms with Gasteiger partial charge in [-0.15, -0.1) is 0 Å². The van der Waals surface area contributed by atoms with Crippen LogP contribution in [0.15, 0.2) is 35.4 Å². The normalized spacial score (nSPS) is 10.8. The number of hydrogen-bond acceptors (Lipinski definition) is 4. The highest BCUT2D eigenvalue weighted by Gasteiger charge is 2.06. The van der Waals surface area contributed by atoms with Gasteiger partial charge in [-0.1, -0.05) is 54.3 Å². The van der Waals surface area contributed by atoms with E-state index in [0.717, 1.165) is 22.8 Å². The Kier molecular flexibility index (Phi) is 4.70. The van der Waals surface area contributed by atoms with E-state index in [9.17, 15) is 0 Å². The van der Waals surface area contributed by atoms with Crippen molar-refractivity contribution in [1.29, 1.82) is 0 Å². The molecule has 0 atom stereocenters. The largest absolute Gasteiger partial charge is 0.342 e. The van der Waals surface area contributed by atoms with Crippen molar-refractivity contribution >= 4 is 34.5 Å². The molecule has 0 unspecified atom stereocenters. The third kappa shape index (κ3) is 3.65. The minimum absolute atomic E-state index is 0.632. The molecule has 98 valence electrons. The van der Waals surface area contributed by atoms with Gasteiger partial charge in [0.1, 0.15) is 11.5 Å². The molecule has 0 fully saturated rings. The summed E-state index contributed by atoms with van der Waals surface area (Å²) in [6.07, 6.45) is 3.57. The Labute approximate surface area is 121 Å². The lowest BCUT2D eigenvalue weighted by atomic mass is 10.2. The minimum atomic E-state index is 0.632. The Hall–Kier alpha value is -1.66. The Balaban J connectivity index is 2.16. The Morgan fingerprint density at radius 1 is 1.42 bits per heavy atom. The lowest BCUT2D eigenvalue weighted by Crippen LogP contribution is -2.10. The van der Waals surface area contributed by atoms with Gasteiger partial charge >= 0.3 is 0 Å². The molecule has 0 saturated heterocycles. The van der Waals surface area contributed by atoms with E-state index in [2.05, 4.69) is 20.5 Å². The lowest BCUT2D eigenvalue weighted by Gasteiger charge is -1.95. The van der Waals surface area contributed by atoms with Gasteiger partial charge in [0.25, 0.3) is 0 Å². The van der Waals surface area contributed by atoms with E-state index in [4.69, 9.17) is 12.2 Å². The van der Waals surface area contributed by atoms with Crippen LogP contribution in [-0.4, -0.2) is 26.8 Å². The van der Waals surface area contributed by atoms with Crippen LogP contribution in [0, 0.1) is 6.92 Å². The second-order valence-corrected chi connectivity index (χ2v) is 5.31. The summed E-state index contributed by atoms with van der Waals surface area (Å²) in [4.78, 5) is 7.75. The molecule has 1 heterocycles. The summed E-state index contributed by atoms with van der Waals surface area (Å²) in [6, 6.07) is 9.98. The van der Waals surface area contributed by atoms with Gasteiger partial charge in [0.2, 0.25) is 0 Å². The second kappa shape index (κ2) is 6.49. The fourth-order valence-electron chi connectivity index (χ4n) is 1.52. The van der Waals surface area contributed by atoms with Crippen LogP contribution in [-0.2, 0) is 0 Å². The number of nitrogens with zero attached hydrogens (tertiary/aromatic N) is 2. The number of aromatic nitrogens is 2. The van der Waals surface area contributed by atoms with Gasteiger partial charge in [-0.05, 0) is 13.2 Å². The first-order chi connectivity index (χ1) is 9.20. The van der Waals surface area contributed by atoms with E-state index < -0.39 is 0 Å². The van der Waals surface area contributed by atoms with Crippen molar-refractivity contribution in [2.75, 3.05) is 6.26 Å². The highest BCUT2D eigenvalue weighted by Crippen LogP contribution is 2.16. The van der Waals surface area contributed by atoms with E-state index in [1.807, 2.05) is 43.5 Å². The van der Waals surface area contributed by atoms with Crippen molar-refractivity contribution in [3.8, 4) is 11.4 Å². The molecule has 4 nitrogen and oxygen atoms in total. The predicted molar refractivity (Wildman–Crippen MR) is 85.6 cm³/mol. The van der Waals surface area contributed by atoms with E-state index >= 15 is 0 Å². The van der Waals surface area contributed by atoms with Crippen LogP contribution in [0.5, 0.6) is 0 Å². The first kappa shape index (κ1) is 13.8. The first-order valence-corrected chi connectivity index (χ1v) is 7.33. The molecule has 0 aliphatic rings. The van der Waals surface area contributed by atoms with Crippen molar-refractivity contribution in [1.82, 2.24) is 15.4 Å². The summed E-state index contributed by atoms with van der Waals surface area (Å²) in [5.74, 6) is 0.840. The van der Waals surface area contributed by atoms with Crippen LogP contribution < -0.4 is 5.43 Å². The van der Waals surface area contributed by atoms with Crippen LogP contribution in [0.2, 0.25) is 0 Å². The molecule has 2 N–H and O–H groups in total. The summed E-state index contributed by atoms with van der Waals surface area (Å²) < 4.78 is 0.632. The maximum atomic E-state index is 5.00. The van der Waals surface area contributed by atoms with Gasteiger partial charge in [-0.2, -0.15) is 5.10 Å². The fraction of sp³-hybridized carbons (Fsp3) is 0.154. The van der Waals surface area contributed by atoms with Crippen molar-refractivity contribution in [3.63, 3.8) is 0 Å². The average Bonchev–Trinajstić information content (AvgIpc) is 2.81. The van der Waals surface area contributed by atoms with E-state index in [1.165, 1.54) is 11.8 Å². The average molecular weight is 290 g/mol. The number of aromatic amines is 1. The van der Waals surface area contributed by atoms with E-state index in [1.54, 1.807) is 6.21 Å². The maximum absolute atomic E-state index is 5.00. The minimum Gasteiger partial charge on any atom is -0.342 e. The van der Waals surface area contributed by atoms with Crippen LogP contribution in [0.3, 0.4) is 0 Å². The molecule has 19 heavy (non-hydrogen) atoms. The Morgan fingerprint density at radius 2 is 2.16 bits per heavy atom. The topological polar surface area (TPSA) is 53.1 Å². The lowest BCUT2D eigenvalue weighted by molar-refractivity contribution is 1.07. The molecule has 2 rings (SSSR count). The molecule has 0 saturated carbocycles. The number of imidazole rings is 1. The Morgan fingerprint density at radius 3 is 2.84 bits per heavy atom. The number of H-pyrrole nitrogens is 1. The molecule has 1 aromatic heterocycles. The maximum Gasteiger partial charge on any atom is 0.153 e. The van der Waals surface area contributed by atoms with Gasteiger partial charge in [0.15, 0.2) is 4.32 Å². The molecule has 0 amide bonds. The standard InChI is InChI=1S/C13H14N4S2/c1-9-11(8-14-17-13(18)19-2)16-12(15-9)10-6-4-3-5-7-10/h3-8H,1-2H3,(H,15,16)(H,17,18)/b14-8-. The van der Waals surface area contributed by atoms with Gasteiger partial charge in [-0.25, -0.2) is 4.98 Å². The molecule has 0 bridgehead atoms. The van der Waals surface area contributed by atoms with Gasteiger partial charge in [-0.3, -0.25) is 5.43 Å². The highest BCUT2D eigenvalue weighted by atomic mass is 32.2. The van der Waals surface area contributed by atoms with Crippen LogP contribution in [0.25, 0.3) is 11.4 Å². The van der Waals surface area contributed by atoms with Crippen LogP contribution >= 0.6 is 24.0 Å². The fourth-order valence-corrected chi connectivity index (χ4v) is 1.72. The van der Waals surface area contributed by atoms with Crippen LogP contribution in [0.1, 0.15) is 11.4 Å². The molecule has 1 aromatic carbocycles. The number of benzene rings is 1. The predicted octanol–water partition coefficient (Wildman–Crippen LogP) is 2.96. The van der Waals surface area contributed by atoms with Gasteiger partial charge in [0.05, 0.1) is 6.21 Å². The number of nitrogens with one attached hydrogen (secondary N) is 2. The Bertz CT molecular complexity index is 590. The molecular formula is C13H14N4S2. The summed E-state index contributed by atoms with van der Waals surface area (Å²) in [6.45, 7) is 1.97. The SMILES string of the molecule is CSC(=S)N/N=C\c1nc(-c2ccccc2)[nH]c1C. The molecule has 0 aliphatic carbocycles. The zero-order valence-electron chi connectivity index (χ0n) is 10.7. The molecule has 0 spiro atoms. The quantitative estimate of drug-likeness (QED) is 0.518. The number of rotatable bonds is 3. The zero-order chi connectivity index (χ0) is 13.7. The third-order valence-electron chi connectivity index (χ3n) is 2.50. The van der Waals surface area contributed by atoms with E-state index in [0.29, 0.717) is 4.32 Å². The summed E-state index contributed by atoms with van der Waals surface area (Å²) in [7, 11) is 0. The molecule has 6 heteroatoms. The monoisotopic (exact) mass is 290 g/mol. The zero-order valence-corrected chi connectivity index (χ0v) is 12.3. The smallest absolute Gasteiger partial charge is 0.153 e. The number of thiocarbonyl (C=S) groups is 1. The third-order valence-corrected chi connectivity index (χ3v) is 3.55. The molecule has 2 aromatic rings. The first-order valence-electron chi connectivity index (χ1n) is 5.69. The van der Waals surface area contributed by atoms with Gasteiger partial charge < -0.3 is 4.98 Å². The summed E-state index contributed by atoms with van der Waals surface area (Å²) in [5, 5.41) is 4.06. The number of hydrazone groups is 1. The molecular weight excluding hydrogens is 276 g/mol. The highest BCUT2D eigenvalue weighted by molar-refractivity contribution is 8.22. The van der Waals surface area contributed by atoms with Crippen molar-refractivity contribution in [2.45, 2.75) is 6.92 Å². The van der Waals surface area contributed by atoms with Crippen molar-refractivity contribution in [2.24, 2.45) is 5.10 Å². The molecule has 0 aliphatic heterocycles. The summed E-state index contributed by atoms with van der Waals surface area (Å²) in [5.41, 5.74) is 5.59. The second-order valence-electron chi connectivity index (χ2n) is 3.82. The molecule has 0 radical (unpaired) electrons. The van der Waals surface area contributed by atoms with Crippen molar-refractivity contribution < 1.29 is 0 Å². The number of hydrogen-bond donors (Lipinski definition) is 2. The number of aryl methyl sites for hydroxylation is 1. The van der Waals surface area contributed by atoms with E-state index in [-0.39, 0.29) is 0 Å². The van der Waals surface area contributed by atoms with Crippen LogP contribution in [0.4, 0.5) is 0 Å². The number of thioether (sulfide) groups is 1. The summed E-state index contributed by atoms with van der Waals surface area (Å²) >= 11 is 6.44.